The quantitative estimate of drug-likeness (QED) is 0.526. The summed E-state index contributed by atoms with van der Waals surface area (Å²) < 4.78 is 11.8. The Labute approximate surface area is 206 Å². The van der Waals surface area contributed by atoms with Crippen LogP contribution in [0.5, 0.6) is 11.5 Å². The molecular formula is C26H26BrNO6. The maximum atomic E-state index is 13.3. The predicted molar refractivity (Wildman–Crippen MR) is 128 cm³/mol. The number of carboxylic acids is 1. The first kappa shape index (κ1) is 24.1. The Kier molecular flexibility index (Phi) is 7.13. The molecule has 0 spiro atoms. The van der Waals surface area contributed by atoms with Gasteiger partial charge in [0, 0.05) is 47.8 Å². The van der Waals surface area contributed by atoms with E-state index in [1.54, 1.807) is 6.07 Å². The van der Waals surface area contributed by atoms with Crippen LogP contribution in [0.15, 0.2) is 39.1 Å². The standard InChI is InChI=1S/C26H26BrNO6/c1-3-12-34-26-16(27)13-15(14-21(26)33-2)23-24-17(6-4-8-19(24)29)28(11-10-22(31)32)18-7-5-9-20(30)25(18)23/h1,13-14,23H,4-12H2,2H3,(H,31,32). The van der Waals surface area contributed by atoms with E-state index >= 15 is 0 Å². The number of hydrogen-bond donors (Lipinski definition) is 1. The fourth-order valence-electron chi connectivity index (χ4n) is 5.19. The summed E-state index contributed by atoms with van der Waals surface area (Å²) in [4.78, 5) is 39.9. The van der Waals surface area contributed by atoms with Gasteiger partial charge in [-0.05, 0) is 59.3 Å². The van der Waals surface area contributed by atoms with E-state index in [2.05, 4.69) is 21.9 Å². The van der Waals surface area contributed by atoms with Crippen LogP contribution in [0.3, 0.4) is 0 Å². The minimum Gasteiger partial charge on any atom is -0.493 e. The molecule has 0 fully saturated rings. The van der Waals surface area contributed by atoms with Crippen molar-refractivity contribution in [2.45, 2.75) is 50.9 Å². The summed E-state index contributed by atoms with van der Waals surface area (Å²) in [7, 11) is 1.52. The van der Waals surface area contributed by atoms with Gasteiger partial charge in [0.2, 0.25) is 0 Å². The van der Waals surface area contributed by atoms with E-state index in [0.717, 1.165) is 17.0 Å². The van der Waals surface area contributed by atoms with E-state index in [4.69, 9.17) is 15.9 Å². The Balaban J connectivity index is 1.91. The second-order valence-electron chi connectivity index (χ2n) is 8.53. The van der Waals surface area contributed by atoms with E-state index in [1.165, 1.54) is 7.11 Å². The zero-order valence-electron chi connectivity index (χ0n) is 19.0. The summed E-state index contributed by atoms with van der Waals surface area (Å²) in [6.45, 7) is 0.310. The van der Waals surface area contributed by atoms with Gasteiger partial charge in [0.15, 0.2) is 23.1 Å². The van der Waals surface area contributed by atoms with Gasteiger partial charge in [-0.1, -0.05) is 5.92 Å². The van der Waals surface area contributed by atoms with Crippen LogP contribution < -0.4 is 9.47 Å². The fourth-order valence-corrected chi connectivity index (χ4v) is 5.76. The molecule has 0 radical (unpaired) electrons. The molecule has 0 amide bonds. The monoisotopic (exact) mass is 527 g/mol. The molecule has 7 nitrogen and oxygen atoms in total. The molecule has 1 aliphatic heterocycles. The molecule has 4 rings (SSSR count). The number of nitrogens with zero attached hydrogens (tertiary/aromatic N) is 1. The third-order valence-electron chi connectivity index (χ3n) is 6.52. The number of terminal acetylenes is 1. The van der Waals surface area contributed by atoms with Crippen LogP contribution in [-0.4, -0.2) is 47.8 Å². The van der Waals surface area contributed by atoms with Gasteiger partial charge in [0.25, 0.3) is 0 Å². The van der Waals surface area contributed by atoms with Gasteiger partial charge >= 0.3 is 5.97 Å². The molecule has 1 heterocycles. The molecule has 0 aromatic heterocycles. The van der Waals surface area contributed by atoms with Crippen LogP contribution in [0.2, 0.25) is 0 Å². The molecule has 0 saturated heterocycles. The minimum absolute atomic E-state index is 0.000698. The Morgan fingerprint density at radius 1 is 1.15 bits per heavy atom. The topological polar surface area (TPSA) is 93.1 Å². The van der Waals surface area contributed by atoms with Crippen molar-refractivity contribution in [3.05, 3.63) is 44.7 Å². The van der Waals surface area contributed by atoms with Crippen LogP contribution in [0, 0.1) is 12.3 Å². The van der Waals surface area contributed by atoms with Crippen molar-refractivity contribution in [1.29, 1.82) is 0 Å². The van der Waals surface area contributed by atoms with Crippen molar-refractivity contribution in [2.75, 3.05) is 20.3 Å². The van der Waals surface area contributed by atoms with E-state index < -0.39 is 11.9 Å². The number of carbonyl (C=O) groups excluding carboxylic acids is 2. The molecule has 0 atom stereocenters. The number of carbonyl (C=O) groups is 3. The van der Waals surface area contributed by atoms with Gasteiger partial charge < -0.3 is 19.5 Å². The number of ketones is 2. The second-order valence-corrected chi connectivity index (χ2v) is 9.38. The molecule has 1 aromatic carbocycles. The Bertz CT molecular complexity index is 1110. The molecule has 1 N–H and O–H groups in total. The van der Waals surface area contributed by atoms with Crippen molar-refractivity contribution in [3.8, 4) is 23.8 Å². The van der Waals surface area contributed by atoms with E-state index in [9.17, 15) is 19.5 Å². The number of Topliss-reactive ketones (excluding diaryl/α,β-unsaturated/α-hetero) is 2. The molecule has 8 heteroatoms. The number of benzene rings is 1. The summed E-state index contributed by atoms with van der Waals surface area (Å²) in [6, 6.07) is 3.65. The summed E-state index contributed by atoms with van der Waals surface area (Å²) >= 11 is 3.54. The number of methoxy groups -OCH3 is 1. The van der Waals surface area contributed by atoms with Crippen LogP contribution in [0.25, 0.3) is 0 Å². The van der Waals surface area contributed by atoms with Gasteiger partial charge in [-0.15, -0.1) is 6.42 Å². The van der Waals surface area contributed by atoms with Gasteiger partial charge in [-0.25, -0.2) is 0 Å². The van der Waals surface area contributed by atoms with E-state index in [1.807, 2.05) is 11.0 Å². The lowest BCUT2D eigenvalue weighted by Crippen LogP contribution is -2.39. The molecule has 34 heavy (non-hydrogen) atoms. The molecule has 0 unspecified atom stereocenters. The zero-order chi connectivity index (χ0) is 24.4. The molecule has 0 saturated carbocycles. The van der Waals surface area contributed by atoms with Crippen molar-refractivity contribution < 1.29 is 29.0 Å². The second kappa shape index (κ2) is 10.1. The number of hydrogen-bond acceptors (Lipinski definition) is 6. The summed E-state index contributed by atoms with van der Waals surface area (Å²) in [5.74, 6) is 1.90. The number of ether oxygens (including phenoxy) is 2. The number of carboxylic acid groups (broad SMARTS) is 1. The third kappa shape index (κ3) is 4.37. The Morgan fingerprint density at radius 3 is 2.29 bits per heavy atom. The molecular weight excluding hydrogens is 502 g/mol. The largest absolute Gasteiger partial charge is 0.493 e. The van der Waals surface area contributed by atoms with Crippen LogP contribution in [-0.2, 0) is 14.4 Å². The first-order valence-corrected chi connectivity index (χ1v) is 12.1. The Hall–Kier alpha value is -3.05. The lowest BCUT2D eigenvalue weighted by molar-refractivity contribution is -0.137. The van der Waals surface area contributed by atoms with Crippen LogP contribution >= 0.6 is 15.9 Å². The number of rotatable bonds is 7. The lowest BCUT2D eigenvalue weighted by atomic mass is 9.71. The molecule has 1 aromatic rings. The van der Waals surface area contributed by atoms with Gasteiger partial charge in [-0.3, -0.25) is 14.4 Å². The third-order valence-corrected chi connectivity index (χ3v) is 7.11. The fraction of sp³-hybridized carbons (Fsp3) is 0.423. The zero-order valence-corrected chi connectivity index (χ0v) is 20.6. The van der Waals surface area contributed by atoms with Crippen molar-refractivity contribution >= 4 is 33.5 Å². The number of allylic oxidation sites excluding steroid dienone is 4. The molecule has 2 aliphatic carbocycles. The average molecular weight is 528 g/mol. The highest BCUT2D eigenvalue weighted by Gasteiger charge is 2.43. The van der Waals surface area contributed by atoms with E-state index in [-0.39, 0.29) is 31.1 Å². The maximum absolute atomic E-state index is 13.3. The highest BCUT2D eigenvalue weighted by Crippen LogP contribution is 2.51. The number of aliphatic carboxylic acids is 1. The van der Waals surface area contributed by atoms with Crippen molar-refractivity contribution in [2.24, 2.45) is 0 Å². The van der Waals surface area contributed by atoms with Gasteiger partial charge in [0.1, 0.15) is 6.61 Å². The Morgan fingerprint density at radius 2 is 1.76 bits per heavy atom. The number of halogens is 1. The average Bonchev–Trinajstić information content (AvgIpc) is 2.81. The van der Waals surface area contributed by atoms with Crippen molar-refractivity contribution in [3.63, 3.8) is 0 Å². The maximum Gasteiger partial charge on any atom is 0.305 e. The summed E-state index contributed by atoms with van der Waals surface area (Å²) in [5.41, 5.74) is 3.63. The summed E-state index contributed by atoms with van der Waals surface area (Å²) in [6.07, 6.45) is 8.83. The lowest BCUT2D eigenvalue weighted by Gasteiger charge is -2.44. The highest BCUT2D eigenvalue weighted by atomic mass is 79.9. The first-order valence-electron chi connectivity index (χ1n) is 11.3. The smallest absolute Gasteiger partial charge is 0.305 e. The normalized spacial score (nSPS) is 18.4. The van der Waals surface area contributed by atoms with Gasteiger partial charge in [-0.2, -0.15) is 0 Å². The first-order chi connectivity index (χ1) is 16.4. The molecule has 0 bridgehead atoms. The molecule has 178 valence electrons. The van der Waals surface area contributed by atoms with Crippen LogP contribution in [0.1, 0.15) is 56.4 Å². The van der Waals surface area contributed by atoms with E-state index in [0.29, 0.717) is 65.6 Å². The highest BCUT2D eigenvalue weighted by molar-refractivity contribution is 9.10. The predicted octanol–water partition coefficient (Wildman–Crippen LogP) is 4.36. The summed E-state index contributed by atoms with van der Waals surface area (Å²) in [5, 5.41) is 9.31. The van der Waals surface area contributed by atoms with Crippen LogP contribution in [0.4, 0.5) is 0 Å². The van der Waals surface area contributed by atoms with Gasteiger partial charge in [0.05, 0.1) is 18.0 Å². The van der Waals surface area contributed by atoms with Crippen molar-refractivity contribution in [1.82, 2.24) is 4.90 Å². The molecule has 3 aliphatic rings. The minimum atomic E-state index is -0.910. The SMILES string of the molecule is C#CCOc1c(Br)cc(C2C3=C(CCCC3=O)N(CCC(=O)O)C3=C2C(=O)CCC3)cc1OC.